The number of hydrogen-bond donors (Lipinski definition) is 2. The van der Waals surface area contributed by atoms with Crippen molar-refractivity contribution in [3.8, 4) is 5.75 Å². The number of rotatable bonds is 9. The number of nitrogens with zero attached hydrogens (tertiary/aromatic N) is 3. The molecule has 2 N–H and O–H groups in total. The van der Waals surface area contributed by atoms with E-state index in [0.717, 1.165) is 11.1 Å². The topological polar surface area (TPSA) is 173 Å². The Balaban J connectivity index is 1.75. The van der Waals surface area contributed by atoms with Crippen LogP contribution in [0.5, 0.6) is 5.75 Å². The van der Waals surface area contributed by atoms with Crippen LogP contribution in [0.4, 0.5) is 10.5 Å². The highest BCUT2D eigenvalue weighted by atomic mass is 35.5. The van der Waals surface area contributed by atoms with Crippen LogP contribution in [-0.2, 0) is 35.0 Å². The molecule has 1 saturated heterocycles. The maximum atomic E-state index is 14.1. The lowest BCUT2D eigenvalue weighted by Gasteiger charge is -2.42. The van der Waals surface area contributed by atoms with E-state index in [1.54, 1.807) is 31.3 Å². The number of amides is 3. The van der Waals surface area contributed by atoms with E-state index in [1.807, 2.05) is 26.8 Å². The number of carbonyl (C=O) groups is 4. The fourth-order valence-electron chi connectivity index (χ4n) is 7.12. The van der Waals surface area contributed by atoms with Crippen molar-refractivity contribution in [3.63, 3.8) is 0 Å². The molecule has 3 amide bonds. The van der Waals surface area contributed by atoms with Crippen molar-refractivity contribution in [2.75, 3.05) is 39.0 Å². The van der Waals surface area contributed by atoms with Crippen LogP contribution in [0.25, 0.3) is 0 Å². The summed E-state index contributed by atoms with van der Waals surface area (Å²) in [6.07, 6.45) is 2.65. The Kier molecular flexibility index (Phi) is 13.4. The van der Waals surface area contributed by atoms with Crippen LogP contribution in [0.2, 0.25) is 5.02 Å². The molecule has 2 aliphatic heterocycles. The molecule has 0 aromatic heterocycles. The average molecular weight is 765 g/mol. The highest BCUT2D eigenvalue weighted by molar-refractivity contribution is 7.97. The van der Waals surface area contributed by atoms with Crippen molar-refractivity contribution in [3.05, 3.63) is 51.4 Å². The fraction of sp³-hybridized carbons (Fsp3) is 0.611. The molecule has 286 valence electrons. The molecular formula is C36H49ClN4O10S. The van der Waals surface area contributed by atoms with Gasteiger partial charge in [-0.05, 0) is 56.2 Å². The van der Waals surface area contributed by atoms with Crippen LogP contribution in [0.1, 0.15) is 58.9 Å². The van der Waals surface area contributed by atoms with Gasteiger partial charge in [-0.1, -0.05) is 49.2 Å². The molecule has 1 aliphatic carbocycles. The molecule has 2 heterocycles. The van der Waals surface area contributed by atoms with Crippen LogP contribution < -0.4 is 15.0 Å². The van der Waals surface area contributed by atoms with Gasteiger partial charge >= 0.3 is 12.1 Å². The first-order valence-corrected chi connectivity index (χ1v) is 18.4. The summed E-state index contributed by atoms with van der Waals surface area (Å²) in [6, 6.07) is 2.59. The number of nitrogens with one attached hydrogen (secondary N) is 1. The number of methoxy groups -OCH3 is 2. The first-order valence-electron chi connectivity index (χ1n) is 17.1. The van der Waals surface area contributed by atoms with Gasteiger partial charge in [0, 0.05) is 61.7 Å². The highest BCUT2D eigenvalue weighted by Crippen LogP contribution is 2.61. The number of carbonyl (C=O) groups excluding carboxylic acids is 4. The minimum atomic E-state index is -1.79. The number of anilines is 1. The number of nitroso groups, excluding NO2 is 1. The number of likely N-dealkylation sites (N-methyl/N-ethyl adjacent to an activating group) is 1. The number of hydrogen-bond acceptors (Lipinski definition) is 12. The molecule has 1 unspecified atom stereocenters. The second kappa shape index (κ2) is 17.0. The molecule has 1 aromatic carbocycles. The van der Waals surface area contributed by atoms with E-state index in [1.165, 1.54) is 38.0 Å². The Labute approximate surface area is 313 Å². The van der Waals surface area contributed by atoms with Gasteiger partial charge in [-0.25, -0.2) is 9.59 Å². The monoisotopic (exact) mass is 764 g/mol. The lowest BCUT2D eigenvalue weighted by atomic mass is 9.83. The van der Waals surface area contributed by atoms with Crippen LogP contribution >= 0.6 is 23.5 Å². The third-order valence-electron chi connectivity index (χ3n) is 10.7. The van der Waals surface area contributed by atoms with Gasteiger partial charge in [0.1, 0.15) is 35.1 Å². The molecule has 0 radical (unpaired) electrons. The Bertz CT molecular complexity index is 1610. The summed E-state index contributed by atoms with van der Waals surface area (Å²) in [5, 5.41) is 14.5. The van der Waals surface area contributed by atoms with Crippen LogP contribution in [0.15, 0.2) is 40.5 Å². The fourth-order valence-corrected chi connectivity index (χ4v) is 7.77. The Morgan fingerprint density at radius 2 is 1.98 bits per heavy atom. The van der Waals surface area contributed by atoms with Crippen molar-refractivity contribution in [1.29, 1.82) is 0 Å². The van der Waals surface area contributed by atoms with Crippen molar-refractivity contribution in [2.45, 2.75) is 89.9 Å². The van der Waals surface area contributed by atoms with Gasteiger partial charge in [-0.3, -0.25) is 14.9 Å². The summed E-state index contributed by atoms with van der Waals surface area (Å²) in [7, 11) is 5.99. The van der Waals surface area contributed by atoms with Crippen molar-refractivity contribution >= 4 is 53.1 Å². The van der Waals surface area contributed by atoms with Crippen LogP contribution in [-0.4, -0.2) is 98.0 Å². The van der Waals surface area contributed by atoms with Gasteiger partial charge in [0.2, 0.25) is 11.8 Å². The van der Waals surface area contributed by atoms with E-state index < -0.39 is 47.6 Å². The minimum absolute atomic E-state index is 0.00578. The standard InChI is InChI=1S/C36H49ClN4O10S/c1-20-10-9-11-28(49-8)36(46)19-27(50-34(45)38-36)21(2)24-18-35(24,4)29(51-33(44)22(3)40(5)30(42)12-13-52-39-47)17-31(43)41(6)25-15-23(14-20)16-26(48-7)32(25)37/h9-11,15-16,21-22,24,27-29,46H,12-14,17-19H2,1-8H3,(H,38,45)/b11-9-,20-10+/t21-,22-,24?,27-,28+,29+,35+,36-/m0/s1. The number of fused-ring (bicyclic) bond motifs is 5. The number of benzene rings is 1. The lowest BCUT2D eigenvalue weighted by molar-refractivity contribution is -0.163. The normalized spacial score (nSPS) is 31.5. The molecule has 3 aliphatic rings. The third-order valence-corrected chi connectivity index (χ3v) is 11.6. The van der Waals surface area contributed by atoms with Gasteiger partial charge in [-0.15, -0.1) is 4.91 Å². The van der Waals surface area contributed by atoms with E-state index in [9.17, 15) is 29.2 Å². The SMILES string of the molecule is COc1cc2cc(c1Cl)N(C)C(=O)C[C@@H](OC(=O)[C@H](C)N(C)C(=O)CCSN=O)[C@]1(C)CC1[C@H](C)[C@@H]1C[C@@](O)(NC(=O)O1)[C@H](OC)/C=C\C=C(/C)C2. The van der Waals surface area contributed by atoms with Gasteiger partial charge in [-0.2, -0.15) is 0 Å². The predicted molar refractivity (Wildman–Crippen MR) is 197 cm³/mol. The van der Waals surface area contributed by atoms with Gasteiger partial charge in [0.25, 0.3) is 0 Å². The number of ether oxygens (including phenoxy) is 4. The van der Waals surface area contributed by atoms with E-state index >= 15 is 0 Å². The molecule has 2 fully saturated rings. The van der Waals surface area contributed by atoms with E-state index in [0.29, 0.717) is 36.2 Å². The Morgan fingerprint density at radius 1 is 1.27 bits per heavy atom. The van der Waals surface area contributed by atoms with Gasteiger partial charge in [0.15, 0.2) is 5.72 Å². The number of allylic oxidation sites excluding steroid dienone is 3. The Morgan fingerprint density at radius 3 is 2.63 bits per heavy atom. The quantitative estimate of drug-likeness (QED) is 0.147. The molecule has 1 aromatic rings. The molecule has 4 bridgehead atoms. The summed E-state index contributed by atoms with van der Waals surface area (Å²) in [5.41, 5.74) is -0.380. The van der Waals surface area contributed by atoms with Gasteiger partial charge < -0.3 is 33.9 Å². The lowest BCUT2D eigenvalue weighted by Crippen LogP contribution is -2.63. The van der Waals surface area contributed by atoms with E-state index in [-0.39, 0.29) is 53.7 Å². The summed E-state index contributed by atoms with van der Waals surface area (Å²) in [5.74, 6) is -1.45. The largest absolute Gasteiger partial charge is 0.495 e. The minimum Gasteiger partial charge on any atom is -0.495 e. The van der Waals surface area contributed by atoms with Crippen LogP contribution in [0.3, 0.4) is 0 Å². The molecule has 1 saturated carbocycles. The maximum Gasteiger partial charge on any atom is 0.409 e. The molecular weight excluding hydrogens is 716 g/mol. The van der Waals surface area contributed by atoms with Crippen molar-refractivity contribution in [2.24, 2.45) is 21.8 Å². The zero-order valence-corrected chi connectivity index (χ0v) is 32.4. The molecule has 0 spiro atoms. The number of aliphatic hydroxyl groups is 1. The summed E-state index contributed by atoms with van der Waals surface area (Å²) in [6.45, 7) is 7.26. The van der Waals surface area contributed by atoms with Crippen LogP contribution in [0, 0.1) is 22.2 Å². The predicted octanol–water partition coefficient (Wildman–Crippen LogP) is 5.19. The first kappa shape index (κ1) is 41.1. The number of alkyl carbamates (subject to hydrolysis) is 1. The summed E-state index contributed by atoms with van der Waals surface area (Å²) < 4.78 is 25.8. The second-order valence-corrected chi connectivity index (χ2v) is 15.3. The van der Waals surface area contributed by atoms with Gasteiger partial charge in [0.05, 0.1) is 19.2 Å². The summed E-state index contributed by atoms with van der Waals surface area (Å²) >= 11 is 7.47. The molecule has 52 heavy (non-hydrogen) atoms. The average Bonchev–Trinajstić information content (AvgIpc) is 3.80. The molecule has 14 nitrogen and oxygen atoms in total. The van der Waals surface area contributed by atoms with Crippen molar-refractivity contribution in [1.82, 2.24) is 10.2 Å². The summed E-state index contributed by atoms with van der Waals surface area (Å²) in [4.78, 5) is 66.5. The molecule has 16 heteroatoms. The number of esters is 1. The van der Waals surface area contributed by atoms with E-state index in [2.05, 4.69) is 9.90 Å². The first-order chi connectivity index (χ1) is 24.5. The van der Waals surface area contributed by atoms with Crippen molar-refractivity contribution < 1.29 is 43.2 Å². The smallest absolute Gasteiger partial charge is 0.409 e. The number of halogens is 1. The molecule has 4 rings (SSSR count). The molecule has 8 atom stereocenters. The maximum absolute atomic E-state index is 14.1. The zero-order valence-electron chi connectivity index (χ0n) is 30.8. The highest BCUT2D eigenvalue weighted by Gasteiger charge is 2.62. The Hall–Kier alpha value is -3.66. The third kappa shape index (κ3) is 9.10. The zero-order chi connectivity index (χ0) is 38.5. The van der Waals surface area contributed by atoms with E-state index in [4.69, 9.17) is 30.5 Å². The second-order valence-electron chi connectivity index (χ2n) is 14.2.